The Morgan fingerprint density at radius 1 is 1.40 bits per heavy atom. The SMILES string of the molecule is NC(=O)C1CCN(CCOCCO)CC1. The molecule has 0 spiro atoms. The average molecular weight is 216 g/mol. The van der Waals surface area contributed by atoms with Crippen LogP contribution in [0.15, 0.2) is 0 Å². The van der Waals surface area contributed by atoms with Gasteiger partial charge >= 0.3 is 0 Å². The number of aliphatic hydroxyl groups excluding tert-OH is 1. The van der Waals surface area contributed by atoms with E-state index < -0.39 is 0 Å². The molecule has 3 N–H and O–H groups in total. The lowest BCUT2D eigenvalue weighted by molar-refractivity contribution is -0.123. The number of aliphatic hydroxyl groups is 1. The number of carbonyl (C=O) groups excluding carboxylic acids is 1. The van der Waals surface area contributed by atoms with Gasteiger partial charge in [0.25, 0.3) is 0 Å². The Hall–Kier alpha value is -0.650. The number of nitrogens with zero attached hydrogens (tertiary/aromatic N) is 1. The largest absolute Gasteiger partial charge is 0.394 e. The molecule has 5 heteroatoms. The van der Waals surface area contributed by atoms with Crippen molar-refractivity contribution in [2.45, 2.75) is 12.8 Å². The third-order valence-corrected chi connectivity index (χ3v) is 2.78. The molecule has 0 saturated carbocycles. The third kappa shape index (κ3) is 4.59. The highest BCUT2D eigenvalue weighted by Crippen LogP contribution is 2.15. The smallest absolute Gasteiger partial charge is 0.220 e. The molecular formula is C10H20N2O3. The molecule has 1 amide bonds. The normalized spacial score (nSPS) is 19.3. The lowest BCUT2D eigenvalue weighted by atomic mass is 9.96. The van der Waals surface area contributed by atoms with Crippen molar-refractivity contribution in [1.82, 2.24) is 4.90 Å². The summed E-state index contributed by atoms with van der Waals surface area (Å²) in [6.07, 6.45) is 1.71. The van der Waals surface area contributed by atoms with Crippen molar-refractivity contribution in [3.63, 3.8) is 0 Å². The Morgan fingerprint density at radius 3 is 2.60 bits per heavy atom. The van der Waals surface area contributed by atoms with E-state index in [2.05, 4.69) is 4.90 Å². The molecule has 15 heavy (non-hydrogen) atoms. The number of amides is 1. The fraction of sp³-hybridized carbons (Fsp3) is 0.900. The summed E-state index contributed by atoms with van der Waals surface area (Å²) in [6, 6.07) is 0. The van der Waals surface area contributed by atoms with E-state index in [-0.39, 0.29) is 18.4 Å². The fourth-order valence-electron chi connectivity index (χ4n) is 1.80. The van der Waals surface area contributed by atoms with Crippen molar-refractivity contribution < 1.29 is 14.6 Å². The van der Waals surface area contributed by atoms with E-state index in [1.807, 2.05) is 0 Å². The highest BCUT2D eigenvalue weighted by atomic mass is 16.5. The van der Waals surface area contributed by atoms with E-state index in [1.165, 1.54) is 0 Å². The van der Waals surface area contributed by atoms with Crippen LogP contribution in [0.5, 0.6) is 0 Å². The van der Waals surface area contributed by atoms with Gasteiger partial charge in [-0.15, -0.1) is 0 Å². The van der Waals surface area contributed by atoms with Crippen molar-refractivity contribution >= 4 is 5.91 Å². The predicted molar refractivity (Wildman–Crippen MR) is 56.3 cm³/mol. The van der Waals surface area contributed by atoms with Gasteiger partial charge in [0.1, 0.15) is 0 Å². The molecule has 1 rings (SSSR count). The fourth-order valence-corrected chi connectivity index (χ4v) is 1.80. The van der Waals surface area contributed by atoms with Crippen LogP contribution in [0.4, 0.5) is 0 Å². The number of hydrogen-bond acceptors (Lipinski definition) is 4. The second kappa shape index (κ2) is 6.76. The van der Waals surface area contributed by atoms with Crippen LogP contribution in [-0.2, 0) is 9.53 Å². The molecule has 1 saturated heterocycles. The van der Waals surface area contributed by atoms with E-state index in [1.54, 1.807) is 0 Å². The summed E-state index contributed by atoms with van der Waals surface area (Å²) in [7, 11) is 0. The zero-order chi connectivity index (χ0) is 11.1. The van der Waals surface area contributed by atoms with Crippen molar-refractivity contribution in [2.75, 3.05) is 39.5 Å². The molecule has 1 aliphatic rings. The molecule has 5 nitrogen and oxygen atoms in total. The molecular weight excluding hydrogens is 196 g/mol. The van der Waals surface area contributed by atoms with E-state index >= 15 is 0 Å². The maximum absolute atomic E-state index is 10.9. The maximum Gasteiger partial charge on any atom is 0.220 e. The summed E-state index contributed by atoms with van der Waals surface area (Å²) >= 11 is 0. The van der Waals surface area contributed by atoms with E-state index in [0.29, 0.717) is 13.2 Å². The molecule has 0 unspecified atom stereocenters. The Labute approximate surface area is 90.2 Å². The highest BCUT2D eigenvalue weighted by molar-refractivity contribution is 5.76. The lowest BCUT2D eigenvalue weighted by Crippen LogP contribution is -2.40. The molecule has 0 bridgehead atoms. The number of hydrogen-bond donors (Lipinski definition) is 2. The van der Waals surface area contributed by atoms with Crippen LogP contribution in [0.25, 0.3) is 0 Å². The Kier molecular flexibility index (Phi) is 5.60. The van der Waals surface area contributed by atoms with Crippen molar-refractivity contribution in [2.24, 2.45) is 11.7 Å². The van der Waals surface area contributed by atoms with Gasteiger partial charge in [-0.2, -0.15) is 0 Å². The highest BCUT2D eigenvalue weighted by Gasteiger charge is 2.22. The van der Waals surface area contributed by atoms with Gasteiger partial charge in [-0.3, -0.25) is 4.79 Å². The molecule has 1 aliphatic heterocycles. The minimum atomic E-state index is -0.175. The van der Waals surface area contributed by atoms with Gasteiger partial charge in [0, 0.05) is 12.5 Å². The Morgan fingerprint density at radius 2 is 2.07 bits per heavy atom. The van der Waals surface area contributed by atoms with Crippen LogP contribution >= 0.6 is 0 Å². The van der Waals surface area contributed by atoms with Crippen LogP contribution in [0, 0.1) is 5.92 Å². The molecule has 0 aromatic carbocycles. The zero-order valence-corrected chi connectivity index (χ0v) is 9.02. The molecule has 0 aromatic heterocycles. The maximum atomic E-state index is 10.9. The number of nitrogens with two attached hydrogens (primary N) is 1. The number of ether oxygens (including phenoxy) is 1. The quantitative estimate of drug-likeness (QED) is 0.570. The summed E-state index contributed by atoms with van der Waals surface area (Å²) in [6.45, 7) is 3.81. The van der Waals surface area contributed by atoms with Gasteiger partial charge in [-0.25, -0.2) is 0 Å². The van der Waals surface area contributed by atoms with Crippen molar-refractivity contribution in [3.05, 3.63) is 0 Å². The van der Waals surface area contributed by atoms with Crippen LogP contribution in [0.3, 0.4) is 0 Å². The average Bonchev–Trinajstić information content (AvgIpc) is 2.25. The minimum Gasteiger partial charge on any atom is -0.394 e. The van der Waals surface area contributed by atoms with Crippen molar-refractivity contribution in [3.8, 4) is 0 Å². The number of likely N-dealkylation sites (tertiary alicyclic amines) is 1. The summed E-state index contributed by atoms with van der Waals surface area (Å²) in [5.74, 6) is -0.120. The minimum absolute atomic E-state index is 0.0552. The molecule has 0 aromatic rings. The number of carbonyl (C=O) groups is 1. The number of primary amides is 1. The zero-order valence-electron chi connectivity index (χ0n) is 9.02. The summed E-state index contributed by atoms with van der Waals surface area (Å²) < 4.78 is 5.18. The molecule has 88 valence electrons. The molecule has 1 fully saturated rings. The molecule has 0 aliphatic carbocycles. The number of piperidine rings is 1. The van der Waals surface area contributed by atoms with Crippen LogP contribution in [0.2, 0.25) is 0 Å². The Bertz CT molecular complexity index is 191. The summed E-state index contributed by atoms with van der Waals surface area (Å²) in [5.41, 5.74) is 5.24. The first-order chi connectivity index (χ1) is 7.24. The van der Waals surface area contributed by atoms with Crippen LogP contribution < -0.4 is 5.73 Å². The van der Waals surface area contributed by atoms with E-state index in [0.717, 1.165) is 32.5 Å². The third-order valence-electron chi connectivity index (χ3n) is 2.78. The van der Waals surface area contributed by atoms with Gasteiger partial charge in [0.05, 0.1) is 19.8 Å². The standard InChI is InChI=1S/C10H20N2O3/c11-10(14)9-1-3-12(4-2-9)5-7-15-8-6-13/h9,13H,1-8H2,(H2,11,14). The van der Waals surface area contributed by atoms with Gasteiger partial charge in [0.2, 0.25) is 5.91 Å². The van der Waals surface area contributed by atoms with Gasteiger partial charge in [-0.1, -0.05) is 0 Å². The van der Waals surface area contributed by atoms with E-state index in [9.17, 15) is 4.79 Å². The molecule has 0 atom stereocenters. The van der Waals surface area contributed by atoms with Gasteiger partial charge in [-0.05, 0) is 25.9 Å². The topological polar surface area (TPSA) is 75.8 Å². The predicted octanol–water partition coefficient (Wildman–Crippen LogP) is -0.807. The van der Waals surface area contributed by atoms with Crippen LogP contribution in [0.1, 0.15) is 12.8 Å². The van der Waals surface area contributed by atoms with Crippen molar-refractivity contribution in [1.29, 1.82) is 0 Å². The van der Waals surface area contributed by atoms with Gasteiger partial charge in [0.15, 0.2) is 0 Å². The number of rotatable bonds is 6. The lowest BCUT2D eigenvalue weighted by Gasteiger charge is -2.30. The monoisotopic (exact) mass is 216 g/mol. The molecule has 0 radical (unpaired) electrons. The first-order valence-electron chi connectivity index (χ1n) is 5.44. The Balaban J connectivity index is 2.07. The van der Waals surface area contributed by atoms with Crippen LogP contribution in [-0.4, -0.2) is 55.4 Å². The summed E-state index contributed by atoms with van der Waals surface area (Å²) in [4.78, 5) is 13.2. The summed E-state index contributed by atoms with van der Waals surface area (Å²) in [5, 5.41) is 8.51. The van der Waals surface area contributed by atoms with Gasteiger partial charge < -0.3 is 20.5 Å². The first-order valence-corrected chi connectivity index (χ1v) is 5.44. The van der Waals surface area contributed by atoms with E-state index in [4.69, 9.17) is 15.6 Å². The molecule has 1 heterocycles. The second-order valence-electron chi connectivity index (χ2n) is 3.85. The first kappa shape index (κ1) is 12.4. The second-order valence-corrected chi connectivity index (χ2v) is 3.85.